The first-order chi connectivity index (χ1) is 14.3. The fourth-order valence-corrected chi connectivity index (χ4v) is 3.61. The Bertz CT molecular complexity index is 1060. The molecule has 6 nitrogen and oxygen atoms in total. The Morgan fingerprint density at radius 3 is 2.19 bits per heavy atom. The van der Waals surface area contributed by atoms with Crippen molar-refractivity contribution in [3.63, 3.8) is 0 Å². The number of rotatable bonds is 7. The van der Waals surface area contributed by atoms with E-state index < -0.39 is 33.5 Å². The summed E-state index contributed by atoms with van der Waals surface area (Å²) >= 11 is 0. The highest BCUT2D eigenvalue weighted by Crippen LogP contribution is 2.22. The van der Waals surface area contributed by atoms with E-state index >= 15 is 0 Å². The molecule has 2 rings (SSSR count). The summed E-state index contributed by atoms with van der Waals surface area (Å²) in [4.78, 5) is 25.5. The number of benzene rings is 2. The monoisotopic (exact) mass is 448 g/mol. The molecule has 2 amide bonds. The average Bonchev–Trinajstić information content (AvgIpc) is 2.65. The Kier molecular flexibility index (Phi) is 7.59. The molecule has 1 unspecified atom stereocenters. The number of carbonyl (C=O) groups excluding carboxylic acids is 2. The molecule has 0 bridgehead atoms. The number of halogens is 1. The lowest BCUT2D eigenvalue weighted by Crippen LogP contribution is -2.44. The van der Waals surface area contributed by atoms with Crippen LogP contribution in [0.5, 0.6) is 0 Å². The zero-order valence-corrected chi connectivity index (χ0v) is 19.3. The minimum Gasteiger partial charge on any atom is -0.340 e. The smallest absolute Gasteiger partial charge is 0.251 e. The number of carbonyl (C=O) groups is 2. The van der Waals surface area contributed by atoms with E-state index in [4.69, 9.17) is 0 Å². The van der Waals surface area contributed by atoms with Crippen LogP contribution in [0.1, 0.15) is 48.7 Å². The van der Waals surface area contributed by atoms with Gasteiger partial charge >= 0.3 is 0 Å². The molecule has 2 aromatic carbocycles. The van der Waals surface area contributed by atoms with E-state index in [1.807, 2.05) is 12.1 Å². The van der Waals surface area contributed by atoms with Gasteiger partial charge in [-0.3, -0.25) is 9.59 Å². The predicted octanol–water partition coefficient (Wildman–Crippen LogP) is 3.60. The van der Waals surface area contributed by atoms with Gasteiger partial charge < -0.3 is 10.6 Å². The maximum Gasteiger partial charge on any atom is 0.251 e. The van der Waals surface area contributed by atoms with Gasteiger partial charge in [0.15, 0.2) is 0 Å². The van der Waals surface area contributed by atoms with Gasteiger partial charge in [0.1, 0.15) is 21.7 Å². The summed E-state index contributed by atoms with van der Waals surface area (Å²) in [7, 11) is -3.34. The average molecular weight is 449 g/mol. The zero-order valence-electron chi connectivity index (χ0n) is 18.5. The van der Waals surface area contributed by atoms with Crippen LogP contribution in [0.4, 0.5) is 10.1 Å². The summed E-state index contributed by atoms with van der Waals surface area (Å²) in [6.45, 7) is 7.82. The highest BCUT2D eigenvalue weighted by atomic mass is 32.2. The largest absolute Gasteiger partial charge is 0.340 e. The van der Waals surface area contributed by atoms with Crippen LogP contribution in [0, 0.1) is 12.7 Å². The van der Waals surface area contributed by atoms with E-state index in [0.29, 0.717) is 16.8 Å². The fourth-order valence-electron chi connectivity index (χ4n) is 2.95. The van der Waals surface area contributed by atoms with Gasteiger partial charge in [-0.25, -0.2) is 12.8 Å². The van der Waals surface area contributed by atoms with Crippen molar-refractivity contribution in [3.05, 3.63) is 65.0 Å². The molecule has 0 aromatic heterocycles. The van der Waals surface area contributed by atoms with E-state index in [9.17, 15) is 22.4 Å². The molecule has 0 spiro atoms. The van der Waals surface area contributed by atoms with E-state index in [-0.39, 0.29) is 17.6 Å². The highest BCUT2D eigenvalue weighted by molar-refractivity contribution is 7.90. The second-order valence-electron chi connectivity index (χ2n) is 8.72. The summed E-state index contributed by atoms with van der Waals surface area (Å²) in [6, 6.07) is 9.87. The molecule has 31 heavy (non-hydrogen) atoms. The first-order valence-electron chi connectivity index (χ1n) is 9.92. The van der Waals surface area contributed by atoms with Gasteiger partial charge in [0.2, 0.25) is 5.91 Å². The van der Waals surface area contributed by atoms with Gasteiger partial charge in [-0.2, -0.15) is 0 Å². The summed E-state index contributed by atoms with van der Waals surface area (Å²) < 4.78 is 36.5. The lowest BCUT2D eigenvalue weighted by atomic mass is 9.86. The molecule has 0 fully saturated rings. The minimum absolute atomic E-state index is 0.0695. The Labute approximate surface area is 183 Å². The summed E-state index contributed by atoms with van der Waals surface area (Å²) in [5, 5.41) is 5.27. The summed E-state index contributed by atoms with van der Waals surface area (Å²) in [5.74, 6) is -1.75. The SMILES string of the molecule is Cc1cc(F)ccc1NC(=O)C(CCS(C)(=O)=O)NC(=O)c1ccc(C(C)(C)C)cc1. The predicted molar refractivity (Wildman–Crippen MR) is 120 cm³/mol. The number of sulfone groups is 1. The third-order valence-corrected chi connectivity index (χ3v) is 5.84. The molecule has 168 valence electrons. The van der Waals surface area contributed by atoms with Gasteiger partial charge in [0, 0.05) is 17.5 Å². The van der Waals surface area contributed by atoms with Gasteiger partial charge in [0.25, 0.3) is 5.91 Å². The number of hydrogen-bond acceptors (Lipinski definition) is 4. The Morgan fingerprint density at radius 1 is 1.06 bits per heavy atom. The van der Waals surface area contributed by atoms with Gasteiger partial charge in [0.05, 0.1) is 5.75 Å². The molecule has 0 aliphatic carbocycles. The Morgan fingerprint density at radius 2 is 1.68 bits per heavy atom. The quantitative estimate of drug-likeness (QED) is 0.677. The summed E-state index contributed by atoms with van der Waals surface area (Å²) in [5.41, 5.74) is 2.25. The first-order valence-corrected chi connectivity index (χ1v) is 12.0. The third-order valence-electron chi connectivity index (χ3n) is 4.86. The van der Waals surface area contributed by atoms with Crippen LogP contribution in [-0.4, -0.2) is 38.3 Å². The maximum absolute atomic E-state index is 13.3. The fraction of sp³-hybridized carbons (Fsp3) is 0.391. The normalized spacial score (nSPS) is 12.8. The van der Waals surface area contributed by atoms with Crippen molar-refractivity contribution in [2.75, 3.05) is 17.3 Å². The number of nitrogens with one attached hydrogen (secondary N) is 2. The highest BCUT2D eigenvalue weighted by Gasteiger charge is 2.24. The molecule has 0 saturated heterocycles. The van der Waals surface area contributed by atoms with Crippen LogP contribution in [0.2, 0.25) is 0 Å². The topological polar surface area (TPSA) is 92.3 Å². The lowest BCUT2D eigenvalue weighted by Gasteiger charge is -2.21. The van der Waals surface area contributed by atoms with E-state index in [0.717, 1.165) is 11.8 Å². The van der Waals surface area contributed by atoms with Gasteiger partial charge in [-0.05, 0) is 60.2 Å². The van der Waals surface area contributed by atoms with Crippen molar-refractivity contribution in [3.8, 4) is 0 Å². The van der Waals surface area contributed by atoms with Crippen LogP contribution in [0.3, 0.4) is 0 Å². The number of hydrogen-bond donors (Lipinski definition) is 2. The van der Waals surface area contributed by atoms with Crippen molar-refractivity contribution < 1.29 is 22.4 Å². The Balaban J connectivity index is 2.20. The lowest BCUT2D eigenvalue weighted by molar-refractivity contribution is -0.118. The molecule has 2 N–H and O–H groups in total. The van der Waals surface area contributed by atoms with Gasteiger partial charge in [-0.1, -0.05) is 32.9 Å². The van der Waals surface area contributed by atoms with Crippen LogP contribution < -0.4 is 10.6 Å². The Hall–Kier alpha value is -2.74. The zero-order chi connectivity index (χ0) is 23.4. The molecular formula is C23H29FN2O4S. The third kappa shape index (κ3) is 7.47. The van der Waals surface area contributed by atoms with Crippen LogP contribution in [-0.2, 0) is 20.0 Å². The number of amides is 2. The summed E-state index contributed by atoms with van der Waals surface area (Å²) in [6.07, 6.45) is 0.982. The van der Waals surface area contributed by atoms with Crippen molar-refractivity contribution in [1.29, 1.82) is 0 Å². The van der Waals surface area contributed by atoms with Gasteiger partial charge in [-0.15, -0.1) is 0 Å². The molecule has 0 aliphatic heterocycles. The van der Waals surface area contributed by atoms with Crippen molar-refractivity contribution in [2.45, 2.75) is 45.6 Å². The van der Waals surface area contributed by atoms with E-state index in [2.05, 4.69) is 31.4 Å². The molecule has 1 atom stereocenters. The second kappa shape index (κ2) is 9.60. The van der Waals surface area contributed by atoms with Crippen LogP contribution in [0.15, 0.2) is 42.5 Å². The molecule has 8 heteroatoms. The number of aryl methyl sites for hydroxylation is 1. The molecule has 0 radical (unpaired) electrons. The molecule has 0 saturated carbocycles. The van der Waals surface area contributed by atoms with Crippen molar-refractivity contribution >= 4 is 27.3 Å². The van der Waals surface area contributed by atoms with Crippen molar-refractivity contribution in [1.82, 2.24) is 5.32 Å². The molecule has 0 aliphatic rings. The standard InChI is InChI=1S/C23H29FN2O4S/c1-15-14-18(24)10-11-19(15)25-22(28)20(12-13-31(5,29)30)26-21(27)16-6-8-17(9-7-16)23(2,3)4/h6-11,14,20H,12-13H2,1-5H3,(H,25,28)(H,26,27). The van der Waals surface area contributed by atoms with Crippen LogP contribution >= 0.6 is 0 Å². The first kappa shape index (κ1) is 24.5. The van der Waals surface area contributed by atoms with Crippen LogP contribution in [0.25, 0.3) is 0 Å². The maximum atomic E-state index is 13.3. The van der Waals surface area contributed by atoms with E-state index in [1.165, 1.54) is 18.2 Å². The molecular weight excluding hydrogens is 419 g/mol. The second-order valence-corrected chi connectivity index (χ2v) is 11.0. The van der Waals surface area contributed by atoms with Crippen molar-refractivity contribution in [2.24, 2.45) is 0 Å². The number of anilines is 1. The molecule has 2 aromatic rings. The minimum atomic E-state index is -3.34. The molecule has 0 heterocycles. The van der Waals surface area contributed by atoms with E-state index in [1.54, 1.807) is 19.1 Å².